The van der Waals surface area contributed by atoms with Crippen LogP contribution in [0.25, 0.3) is 10.2 Å². The lowest BCUT2D eigenvalue weighted by Gasteiger charge is -2.16. The summed E-state index contributed by atoms with van der Waals surface area (Å²) in [5, 5.41) is 3.82. The Hall–Kier alpha value is -2.02. The number of aromatic nitrogens is 1. The number of benzene rings is 1. The number of thiazole rings is 1. The molecule has 7 heteroatoms. The fourth-order valence-electron chi connectivity index (χ4n) is 1.34. The molecule has 0 aliphatic rings. The SMILES string of the molecule is CN(N=O)C(=O)N(C)c1nc2ccccc2s1. The quantitative estimate of drug-likeness (QED) is 0.607. The summed E-state index contributed by atoms with van der Waals surface area (Å²) in [5.41, 5.74) is 0.828. The van der Waals surface area contributed by atoms with Gasteiger partial charge < -0.3 is 0 Å². The summed E-state index contributed by atoms with van der Waals surface area (Å²) < 4.78 is 0.990. The molecule has 1 aromatic carbocycles. The molecule has 0 spiro atoms. The molecule has 88 valence electrons. The van der Waals surface area contributed by atoms with Gasteiger partial charge in [0.15, 0.2) is 5.13 Å². The lowest BCUT2D eigenvalue weighted by atomic mass is 10.3. The smallest absolute Gasteiger partial charge is 0.271 e. The molecule has 6 nitrogen and oxygen atoms in total. The van der Waals surface area contributed by atoms with Crippen molar-refractivity contribution in [3.8, 4) is 0 Å². The lowest BCUT2D eigenvalue weighted by molar-refractivity contribution is 0.218. The van der Waals surface area contributed by atoms with Crippen LogP contribution in [0.3, 0.4) is 0 Å². The fourth-order valence-corrected chi connectivity index (χ4v) is 2.26. The number of urea groups is 1. The Kier molecular flexibility index (Phi) is 3.01. The first-order valence-corrected chi connectivity index (χ1v) is 5.65. The molecule has 2 rings (SSSR count). The highest BCUT2D eigenvalue weighted by atomic mass is 32.1. The van der Waals surface area contributed by atoms with Crippen molar-refractivity contribution in [2.24, 2.45) is 5.29 Å². The molecule has 0 aliphatic carbocycles. The molecular formula is C10H10N4O2S. The predicted octanol–water partition coefficient (Wildman–Crippen LogP) is 2.47. The van der Waals surface area contributed by atoms with Crippen molar-refractivity contribution >= 4 is 32.7 Å². The molecule has 0 radical (unpaired) electrons. The fraction of sp³-hybridized carbons (Fsp3) is 0.200. The van der Waals surface area contributed by atoms with Crippen LogP contribution < -0.4 is 4.90 Å². The minimum absolute atomic E-state index is 0.515. The minimum Gasteiger partial charge on any atom is -0.271 e. The van der Waals surface area contributed by atoms with Gasteiger partial charge in [-0.05, 0) is 12.1 Å². The molecule has 0 N–H and O–H groups in total. The van der Waals surface area contributed by atoms with Crippen molar-refractivity contribution in [1.29, 1.82) is 0 Å². The summed E-state index contributed by atoms with van der Waals surface area (Å²) in [6, 6.07) is 7.07. The van der Waals surface area contributed by atoms with Crippen molar-refractivity contribution in [2.45, 2.75) is 0 Å². The summed E-state index contributed by atoms with van der Waals surface area (Å²) in [5.74, 6) is 0. The Morgan fingerprint density at radius 2 is 2.06 bits per heavy atom. The van der Waals surface area contributed by atoms with Gasteiger partial charge in [0.2, 0.25) is 0 Å². The zero-order valence-corrected chi connectivity index (χ0v) is 10.1. The van der Waals surface area contributed by atoms with Crippen LogP contribution in [0.15, 0.2) is 29.6 Å². The van der Waals surface area contributed by atoms with Crippen LogP contribution >= 0.6 is 11.3 Å². The van der Waals surface area contributed by atoms with Crippen molar-refractivity contribution in [1.82, 2.24) is 9.99 Å². The molecular weight excluding hydrogens is 240 g/mol. The number of para-hydroxylation sites is 1. The third-order valence-electron chi connectivity index (χ3n) is 2.26. The van der Waals surface area contributed by atoms with E-state index in [1.54, 1.807) is 7.05 Å². The maximum absolute atomic E-state index is 11.7. The molecule has 0 unspecified atom stereocenters. The van der Waals surface area contributed by atoms with Crippen LogP contribution in [0.1, 0.15) is 0 Å². The molecule has 0 fully saturated rings. The number of hydrogen-bond donors (Lipinski definition) is 0. The standard InChI is InChI=1S/C10H10N4O2S/c1-13(10(15)14(2)12-16)9-11-7-5-3-4-6-8(7)17-9/h3-6H,1-2H3. The molecule has 0 saturated carbocycles. The van der Waals surface area contributed by atoms with Gasteiger partial charge in [0, 0.05) is 14.1 Å². The van der Waals surface area contributed by atoms with E-state index in [2.05, 4.69) is 10.3 Å². The van der Waals surface area contributed by atoms with E-state index >= 15 is 0 Å². The molecule has 1 heterocycles. The van der Waals surface area contributed by atoms with Crippen LogP contribution in [-0.2, 0) is 0 Å². The summed E-state index contributed by atoms with van der Waals surface area (Å²) in [6.45, 7) is 0. The highest BCUT2D eigenvalue weighted by molar-refractivity contribution is 7.22. The van der Waals surface area contributed by atoms with Crippen LogP contribution in [-0.4, -0.2) is 30.1 Å². The van der Waals surface area contributed by atoms with Crippen molar-refractivity contribution in [2.75, 3.05) is 19.0 Å². The number of nitroso groups, excluding NO2 is 1. The summed E-state index contributed by atoms with van der Waals surface area (Å²) in [4.78, 5) is 27.5. The Balaban J connectivity index is 2.33. The van der Waals surface area contributed by atoms with E-state index in [1.165, 1.54) is 23.3 Å². The number of fused-ring (bicyclic) bond motifs is 1. The van der Waals surface area contributed by atoms with Gasteiger partial charge in [0.1, 0.15) is 0 Å². The molecule has 1 aromatic heterocycles. The largest absolute Gasteiger partial charge is 0.348 e. The highest BCUT2D eigenvalue weighted by Gasteiger charge is 2.19. The molecule has 0 saturated heterocycles. The third kappa shape index (κ3) is 2.09. The topological polar surface area (TPSA) is 65.9 Å². The van der Waals surface area contributed by atoms with Crippen molar-refractivity contribution < 1.29 is 4.79 Å². The maximum Gasteiger partial charge on any atom is 0.348 e. The van der Waals surface area contributed by atoms with E-state index in [9.17, 15) is 9.70 Å². The first-order valence-electron chi connectivity index (χ1n) is 4.83. The van der Waals surface area contributed by atoms with Crippen LogP contribution in [0.2, 0.25) is 0 Å². The summed E-state index contributed by atoms with van der Waals surface area (Å²) in [6.07, 6.45) is 0. The van der Waals surface area contributed by atoms with Crippen molar-refractivity contribution in [3.05, 3.63) is 29.2 Å². The van der Waals surface area contributed by atoms with Gasteiger partial charge in [-0.3, -0.25) is 4.90 Å². The second-order valence-corrected chi connectivity index (χ2v) is 4.42. The van der Waals surface area contributed by atoms with Crippen LogP contribution in [0.5, 0.6) is 0 Å². The molecule has 17 heavy (non-hydrogen) atoms. The minimum atomic E-state index is -0.515. The predicted molar refractivity (Wildman–Crippen MR) is 67.0 cm³/mol. The molecule has 0 aliphatic heterocycles. The Bertz CT molecular complexity index is 535. The second-order valence-electron chi connectivity index (χ2n) is 3.41. The van der Waals surface area contributed by atoms with E-state index in [0.717, 1.165) is 15.2 Å². The van der Waals surface area contributed by atoms with Gasteiger partial charge in [-0.1, -0.05) is 23.5 Å². The van der Waals surface area contributed by atoms with Gasteiger partial charge in [-0.25, -0.2) is 9.78 Å². The first-order chi connectivity index (χ1) is 8.13. The highest BCUT2D eigenvalue weighted by Crippen LogP contribution is 2.28. The zero-order chi connectivity index (χ0) is 12.4. The van der Waals surface area contributed by atoms with Crippen LogP contribution in [0, 0.1) is 4.91 Å². The normalized spacial score (nSPS) is 10.2. The molecule has 0 atom stereocenters. The van der Waals surface area contributed by atoms with Gasteiger partial charge in [0.05, 0.1) is 15.5 Å². The number of carbonyl (C=O) groups is 1. The number of rotatable bonds is 2. The number of nitrogens with zero attached hydrogens (tertiary/aromatic N) is 4. The summed E-state index contributed by atoms with van der Waals surface area (Å²) >= 11 is 1.39. The average molecular weight is 250 g/mol. The van der Waals surface area contributed by atoms with Gasteiger partial charge in [-0.2, -0.15) is 5.01 Å². The van der Waals surface area contributed by atoms with E-state index in [0.29, 0.717) is 5.13 Å². The second kappa shape index (κ2) is 4.46. The average Bonchev–Trinajstić information content (AvgIpc) is 2.79. The Morgan fingerprint density at radius 1 is 1.35 bits per heavy atom. The molecule has 0 bridgehead atoms. The number of amides is 2. The van der Waals surface area contributed by atoms with Gasteiger partial charge in [-0.15, -0.1) is 4.91 Å². The van der Waals surface area contributed by atoms with E-state index in [4.69, 9.17) is 0 Å². The molecule has 2 amide bonds. The lowest BCUT2D eigenvalue weighted by Crippen LogP contribution is -2.35. The van der Waals surface area contributed by atoms with Crippen molar-refractivity contribution in [3.63, 3.8) is 0 Å². The van der Waals surface area contributed by atoms with Crippen LogP contribution in [0.4, 0.5) is 9.93 Å². The van der Waals surface area contributed by atoms with E-state index in [-0.39, 0.29) is 0 Å². The number of anilines is 1. The van der Waals surface area contributed by atoms with Gasteiger partial charge in [0.25, 0.3) is 0 Å². The Labute approximate surface area is 101 Å². The number of carbonyl (C=O) groups excluding carboxylic acids is 1. The maximum atomic E-state index is 11.7. The Morgan fingerprint density at radius 3 is 2.71 bits per heavy atom. The molecule has 2 aromatic rings. The zero-order valence-electron chi connectivity index (χ0n) is 9.32. The number of hydrogen-bond acceptors (Lipinski definition) is 5. The van der Waals surface area contributed by atoms with Gasteiger partial charge >= 0.3 is 6.03 Å². The first kappa shape index (κ1) is 11.5. The van der Waals surface area contributed by atoms with E-state index in [1.807, 2.05) is 24.3 Å². The van der Waals surface area contributed by atoms with E-state index < -0.39 is 6.03 Å². The third-order valence-corrected chi connectivity index (χ3v) is 3.37. The monoisotopic (exact) mass is 250 g/mol. The summed E-state index contributed by atoms with van der Waals surface area (Å²) in [7, 11) is 2.86.